The molecule has 0 bridgehead atoms. The number of benzene rings is 1. The Morgan fingerprint density at radius 2 is 1.56 bits per heavy atom. The van der Waals surface area contributed by atoms with Crippen LogP contribution in [0, 0.1) is 5.41 Å². The smallest absolute Gasteiger partial charge is 0.0340 e. The lowest BCUT2D eigenvalue weighted by Gasteiger charge is -2.19. The standard InChI is InChI=1S/C14H23N.CH4/c1-11(2)12-6-8-13(9-7-12)15-10-14(3,4)5;/h6-9,11,15H,10H2,1-5H3;1H4. The molecule has 0 spiro atoms. The highest BCUT2D eigenvalue weighted by atomic mass is 14.9. The van der Waals surface area contributed by atoms with Gasteiger partial charge in [-0.25, -0.2) is 0 Å². The molecule has 0 fully saturated rings. The van der Waals surface area contributed by atoms with Crippen molar-refractivity contribution in [1.29, 1.82) is 0 Å². The molecule has 0 aliphatic heterocycles. The van der Waals surface area contributed by atoms with Gasteiger partial charge in [-0.05, 0) is 29.0 Å². The summed E-state index contributed by atoms with van der Waals surface area (Å²) in [5.74, 6) is 0.613. The molecule has 0 radical (unpaired) electrons. The third kappa shape index (κ3) is 5.20. The van der Waals surface area contributed by atoms with E-state index in [1.54, 1.807) is 0 Å². The van der Waals surface area contributed by atoms with E-state index in [0.29, 0.717) is 11.3 Å². The van der Waals surface area contributed by atoms with Crippen LogP contribution < -0.4 is 5.32 Å². The second kappa shape index (κ2) is 5.93. The van der Waals surface area contributed by atoms with Crippen LogP contribution in [0.3, 0.4) is 0 Å². The van der Waals surface area contributed by atoms with Gasteiger partial charge in [-0.2, -0.15) is 0 Å². The third-order valence-electron chi connectivity index (χ3n) is 2.40. The molecule has 16 heavy (non-hydrogen) atoms. The first-order chi connectivity index (χ1) is 6.88. The van der Waals surface area contributed by atoms with E-state index in [2.05, 4.69) is 64.2 Å². The molecule has 1 nitrogen and oxygen atoms in total. The Labute approximate surface area is 101 Å². The Morgan fingerprint density at radius 1 is 1.06 bits per heavy atom. The van der Waals surface area contributed by atoms with E-state index in [-0.39, 0.29) is 7.43 Å². The minimum atomic E-state index is 0. The van der Waals surface area contributed by atoms with Gasteiger partial charge >= 0.3 is 0 Å². The predicted octanol–water partition coefficient (Wildman–Crippen LogP) is 4.90. The van der Waals surface area contributed by atoms with E-state index in [0.717, 1.165) is 6.54 Å². The molecular formula is C15H27N. The summed E-state index contributed by atoms with van der Waals surface area (Å²) in [6.07, 6.45) is 0. The number of hydrogen-bond donors (Lipinski definition) is 1. The molecular weight excluding hydrogens is 194 g/mol. The van der Waals surface area contributed by atoms with Crippen LogP contribution in [0.25, 0.3) is 0 Å². The van der Waals surface area contributed by atoms with Crippen molar-refractivity contribution in [2.75, 3.05) is 11.9 Å². The maximum Gasteiger partial charge on any atom is 0.0340 e. The van der Waals surface area contributed by atoms with E-state index >= 15 is 0 Å². The maximum absolute atomic E-state index is 3.45. The zero-order valence-corrected chi connectivity index (χ0v) is 10.6. The van der Waals surface area contributed by atoms with Crippen LogP contribution in [-0.2, 0) is 0 Å². The molecule has 0 saturated carbocycles. The van der Waals surface area contributed by atoms with Crippen LogP contribution >= 0.6 is 0 Å². The van der Waals surface area contributed by atoms with Crippen LogP contribution in [0.15, 0.2) is 24.3 Å². The Bertz CT molecular complexity index is 290. The molecule has 1 N–H and O–H groups in total. The molecule has 0 saturated heterocycles. The van der Waals surface area contributed by atoms with Crippen LogP contribution in [0.5, 0.6) is 0 Å². The van der Waals surface area contributed by atoms with Gasteiger partial charge in [-0.3, -0.25) is 0 Å². The summed E-state index contributed by atoms with van der Waals surface area (Å²) in [4.78, 5) is 0. The molecule has 1 aromatic carbocycles. The van der Waals surface area contributed by atoms with E-state index < -0.39 is 0 Å². The van der Waals surface area contributed by atoms with E-state index in [9.17, 15) is 0 Å². The summed E-state index contributed by atoms with van der Waals surface area (Å²) in [5.41, 5.74) is 2.95. The van der Waals surface area contributed by atoms with Crippen molar-refractivity contribution in [2.45, 2.75) is 48.0 Å². The minimum Gasteiger partial charge on any atom is -0.385 e. The molecule has 0 unspecified atom stereocenters. The fraction of sp³-hybridized carbons (Fsp3) is 0.600. The van der Waals surface area contributed by atoms with Crippen molar-refractivity contribution in [3.63, 3.8) is 0 Å². The number of nitrogens with one attached hydrogen (secondary N) is 1. The highest BCUT2D eigenvalue weighted by Crippen LogP contribution is 2.19. The lowest BCUT2D eigenvalue weighted by atomic mass is 9.97. The van der Waals surface area contributed by atoms with Crippen molar-refractivity contribution in [2.24, 2.45) is 5.41 Å². The topological polar surface area (TPSA) is 12.0 Å². The van der Waals surface area contributed by atoms with Gasteiger partial charge in [-0.15, -0.1) is 0 Å². The van der Waals surface area contributed by atoms with Gasteiger partial charge in [0.25, 0.3) is 0 Å². The van der Waals surface area contributed by atoms with Gasteiger partial charge in [0.05, 0.1) is 0 Å². The number of rotatable bonds is 3. The first kappa shape index (κ1) is 15.0. The molecule has 1 rings (SSSR count). The van der Waals surface area contributed by atoms with Crippen LogP contribution in [0.1, 0.15) is 53.5 Å². The van der Waals surface area contributed by atoms with Crippen LogP contribution in [-0.4, -0.2) is 6.54 Å². The summed E-state index contributed by atoms with van der Waals surface area (Å²) in [6, 6.07) is 8.74. The van der Waals surface area contributed by atoms with E-state index in [1.165, 1.54) is 11.3 Å². The average molecular weight is 221 g/mol. The number of anilines is 1. The van der Waals surface area contributed by atoms with Gasteiger partial charge < -0.3 is 5.32 Å². The third-order valence-corrected chi connectivity index (χ3v) is 2.40. The fourth-order valence-corrected chi connectivity index (χ4v) is 1.35. The molecule has 1 aromatic rings. The second-order valence-electron chi connectivity index (χ2n) is 5.69. The van der Waals surface area contributed by atoms with Crippen LogP contribution in [0.4, 0.5) is 5.69 Å². The summed E-state index contributed by atoms with van der Waals surface area (Å²) >= 11 is 0. The van der Waals surface area contributed by atoms with Crippen molar-refractivity contribution in [3.05, 3.63) is 29.8 Å². The van der Waals surface area contributed by atoms with Gasteiger partial charge in [0.2, 0.25) is 0 Å². The number of hydrogen-bond acceptors (Lipinski definition) is 1. The SMILES string of the molecule is C.CC(C)c1ccc(NCC(C)(C)C)cc1. The zero-order chi connectivity index (χ0) is 11.5. The van der Waals surface area contributed by atoms with Gasteiger partial charge in [0.1, 0.15) is 0 Å². The summed E-state index contributed by atoms with van der Waals surface area (Å²) < 4.78 is 0. The normalized spacial score (nSPS) is 11.1. The molecule has 0 aliphatic rings. The lowest BCUT2D eigenvalue weighted by molar-refractivity contribution is 0.443. The quantitative estimate of drug-likeness (QED) is 0.765. The van der Waals surface area contributed by atoms with E-state index in [1.807, 2.05) is 0 Å². The summed E-state index contributed by atoms with van der Waals surface area (Å²) in [5, 5.41) is 3.45. The minimum absolute atomic E-state index is 0. The monoisotopic (exact) mass is 221 g/mol. The highest BCUT2D eigenvalue weighted by Gasteiger charge is 2.09. The van der Waals surface area contributed by atoms with Gasteiger partial charge in [0, 0.05) is 12.2 Å². The van der Waals surface area contributed by atoms with Crippen molar-refractivity contribution >= 4 is 5.69 Å². The molecule has 0 aliphatic carbocycles. The summed E-state index contributed by atoms with van der Waals surface area (Å²) in [7, 11) is 0. The largest absolute Gasteiger partial charge is 0.385 e. The Hall–Kier alpha value is -0.980. The average Bonchev–Trinajstić information content (AvgIpc) is 2.14. The Kier molecular flexibility index (Phi) is 5.57. The van der Waals surface area contributed by atoms with Crippen molar-refractivity contribution < 1.29 is 0 Å². The zero-order valence-electron chi connectivity index (χ0n) is 10.6. The van der Waals surface area contributed by atoms with Crippen molar-refractivity contribution in [1.82, 2.24) is 0 Å². The molecule has 0 aromatic heterocycles. The summed E-state index contributed by atoms with van der Waals surface area (Å²) in [6.45, 7) is 12.2. The van der Waals surface area contributed by atoms with Gasteiger partial charge in [-0.1, -0.05) is 54.2 Å². The molecule has 1 heteroatoms. The Morgan fingerprint density at radius 3 is 1.94 bits per heavy atom. The highest BCUT2D eigenvalue weighted by molar-refractivity contribution is 5.45. The first-order valence-electron chi connectivity index (χ1n) is 5.72. The second-order valence-corrected chi connectivity index (χ2v) is 5.69. The predicted molar refractivity (Wildman–Crippen MR) is 75.2 cm³/mol. The van der Waals surface area contributed by atoms with Crippen molar-refractivity contribution in [3.8, 4) is 0 Å². The van der Waals surface area contributed by atoms with E-state index in [4.69, 9.17) is 0 Å². The van der Waals surface area contributed by atoms with Gasteiger partial charge in [0.15, 0.2) is 0 Å². The van der Waals surface area contributed by atoms with Crippen LogP contribution in [0.2, 0.25) is 0 Å². The maximum atomic E-state index is 3.45. The first-order valence-corrected chi connectivity index (χ1v) is 5.72. The molecule has 0 heterocycles. The molecule has 92 valence electrons. The molecule has 0 amide bonds. The molecule has 0 atom stereocenters. The lowest BCUT2D eigenvalue weighted by Crippen LogP contribution is -2.18. The fourth-order valence-electron chi connectivity index (χ4n) is 1.35. The Balaban J connectivity index is 0.00000225.